The Labute approximate surface area is 64.2 Å². The van der Waals surface area contributed by atoms with Crippen molar-refractivity contribution in [2.45, 2.75) is 36.9 Å². The number of carbonyl (C=O) groups is 1. The fourth-order valence-electron chi connectivity index (χ4n) is 2.11. The summed E-state index contributed by atoms with van der Waals surface area (Å²) < 4.78 is 0. The fourth-order valence-corrected chi connectivity index (χ4v) is 2.11. The lowest BCUT2D eigenvalue weighted by molar-refractivity contribution is -0.144. The zero-order valence-corrected chi connectivity index (χ0v) is 6.08. The van der Waals surface area contributed by atoms with Crippen LogP contribution in [0.25, 0.3) is 0 Å². The van der Waals surface area contributed by atoms with E-state index < -0.39 is 17.6 Å². The van der Waals surface area contributed by atoms with Gasteiger partial charge in [0, 0.05) is 12.5 Å². The van der Waals surface area contributed by atoms with Crippen molar-refractivity contribution in [1.29, 1.82) is 0 Å². The van der Waals surface area contributed by atoms with Gasteiger partial charge in [-0.05, 0) is 12.8 Å². The first-order valence-electron chi connectivity index (χ1n) is 3.83. The smallest absolute Gasteiger partial charge is 0.324 e. The van der Waals surface area contributed by atoms with Crippen LogP contribution in [0.15, 0.2) is 0 Å². The van der Waals surface area contributed by atoms with Gasteiger partial charge >= 0.3 is 5.97 Å². The predicted molar refractivity (Wildman–Crippen MR) is 37.1 cm³/mol. The highest BCUT2D eigenvalue weighted by atomic mass is 16.4. The maximum atomic E-state index is 10.8. The van der Waals surface area contributed by atoms with Crippen molar-refractivity contribution < 1.29 is 15.0 Å². The van der Waals surface area contributed by atoms with E-state index in [0.717, 1.165) is 6.42 Å². The first-order valence-corrected chi connectivity index (χ1v) is 3.83. The van der Waals surface area contributed by atoms with Crippen molar-refractivity contribution >= 4 is 5.97 Å². The van der Waals surface area contributed by atoms with Gasteiger partial charge in [-0.15, -0.1) is 0 Å². The van der Waals surface area contributed by atoms with Crippen molar-refractivity contribution in [3.63, 3.8) is 0 Å². The van der Waals surface area contributed by atoms with Crippen molar-refractivity contribution in [3.8, 4) is 0 Å². The van der Waals surface area contributed by atoms with Crippen LogP contribution >= 0.6 is 0 Å². The van der Waals surface area contributed by atoms with Crippen LogP contribution in [0.2, 0.25) is 0 Å². The molecule has 4 nitrogen and oxygen atoms in total. The van der Waals surface area contributed by atoms with E-state index in [-0.39, 0.29) is 6.04 Å². The molecule has 2 bridgehead atoms. The first-order chi connectivity index (χ1) is 5.14. The van der Waals surface area contributed by atoms with E-state index in [1.807, 2.05) is 0 Å². The molecule has 2 aliphatic rings. The summed E-state index contributed by atoms with van der Waals surface area (Å²) in [5.41, 5.74) is -0.802. The molecular weight excluding hydrogens is 146 g/mol. The molecule has 0 aromatic heterocycles. The van der Waals surface area contributed by atoms with Gasteiger partial charge in [-0.2, -0.15) is 0 Å². The highest BCUT2D eigenvalue weighted by molar-refractivity contribution is 5.80. The van der Waals surface area contributed by atoms with E-state index in [4.69, 9.17) is 5.11 Å². The van der Waals surface area contributed by atoms with E-state index in [1.165, 1.54) is 0 Å². The molecule has 0 spiro atoms. The van der Waals surface area contributed by atoms with Crippen LogP contribution in [-0.2, 0) is 4.79 Å². The van der Waals surface area contributed by atoms with Crippen LogP contribution < -0.4 is 5.32 Å². The third-order valence-electron chi connectivity index (χ3n) is 2.78. The minimum Gasteiger partial charge on any atom is -0.480 e. The average Bonchev–Trinajstić information content (AvgIpc) is 2.44. The SMILES string of the molecule is O=C(O)[C@@]12CC[C@@H](N1)[C@@H](O)C2. The molecule has 0 unspecified atom stereocenters. The van der Waals surface area contributed by atoms with E-state index in [2.05, 4.69) is 5.32 Å². The third-order valence-corrected chi connectivity index (χ3v) is 2.78. The number of aliphatic hydroxyl groups is 1. The van der Waals surface area contributed by atoms with Gasteiger partial charge in [0.25, 0.3) is 0 Å². The Hall–Kier alpha value is -0.610. The van der Waals surface area contributed by atoms with Crippen LogP contribution in [0.3, 0.4) is 0 Å². The molecule has 2 heterocycles. The molecule has 3 atom stereocenters. The van der Waals surface area contributed by atoms with Gasteiger partial charge in [0.2, 0.25) is 0 Å². The summed E-state index contributed by atoms with van der Waals surface area (Å²) in [6.07, 6.45) is 1.35. The second-order valence-corrected chi connectivity index (χ2v) is 3.45. The standard InChI is InChI=1S/C7H11NO3/c9-5-3-7(6(10)11)2-1-4(5)8-7/h4-5,8-9H,1-3H2,(H,10,11)/t4-,5+,7+/m1/s1. The maximum Gasteiger partial charge on any atom is 0.324 e. The van der Waals surface area contributed by atoms with Crippen molar-refractivity contribution in [2.75, 3.05) is 0 Å². The predicted octanol–water partition coefficient (Wildman–Crippen LogP) is -0.674. The summed E-state index contributed by atoms with van der Waals surface area (Å²) in [5, 5.41) is 21.1. The lowest BCUT2D eigenvalue weighted by Gasteiger charge is -2.21. The van der Waals surface area contributed by atoms with E-state index in [1.54, 1.807) is 0 Å². The lowest BCUT2D eigenvalue weighted by Crippen LogP contribution is -2.44. The second-order valence-electron chi connectivity index (χ2n) is 3.45. The Morgan fingerprint density at radius 1 is 1.64 bits per heavy atom. The highest BCUT2D eigenvalue weighted by Gasteiger charge is 2.54. The summed E-state index contributed by atoms with van der Waals surface area (Å²) in [4.78, 5) is 10.8. The molecule has 4 heteroatoms. The van der Waals surface area contributed by atoms with E-state index in [9.17, 15) is 9.90 Å². The van der Waals surface area contributed by atoms with Crippen molar-refractivity contribution in [1.82, 2.24) is 5.32 Å². The van der Waals surface area contributed by atoms with E-state index in [0.29, 0.717) is 12.8 Å². The van der Waals surface area contributed by atoms with E-state index >= 15 is 0 Å². The van der Waals surface area contributed by atoms with Crippen LogP contribution in [-0.4, -0.2) is 33.9 Å². The molecule has 0 radical (unpaired) electrons. The highest BCUT2D eigenvalue weighted by Crippen LogP contribution is 2.37. The van der Waals surface area contributed by atoms with Crippen molar-refractivity contribution in [2.24, 2.45) is 0 Å². The summed E-state index contributed by atoms with van der Waals surface area (Å²) in [6.45, 7) is 0. The van der Waals surface area contributed by atoms with Gasteiger partial charge in [0.1, 0.15) is 5.54 Å². The Balaban J connectivity index is 2.23. The minimum atomic E-state index is -0.823. The molecule has 3 N–H and O–H groups in total. The lowest BCUT2D eigenvalue weighted by atomic mass is 9.86. The van der Waals surface area contributed by atoms with Crippen LogP contribution in [0.4, 0.5) is 0 Å². The average molecular weight is 157 g/mol. The molecular formula is C7H11NO3. The molecule has 0 aromatic carbocycles. The van der Waals surface area contributed by atoms with Gasteiger partial charge in [-0.25, -0.2) is 0 Å². The molecule has 2 fully saturated rings. The molecule has 0 saturated carbocycles. The topological polar surface area (TPSA) is 69.6 Å². The van der Waals surface area contributed by atoms with Crippen LogP contribution in [0.1, 0.15) is 19.3 Å². The number of hydrogen-bond donors (Lipinski definition) is 3. The maximum absolute atomic E-state index is 10.8. The second kappa shape index (κ2) is 1.95. The zero-order valence-electron chi connectivity index (χ0n) is 6.08. The summed E-state index contributed by atoms with van der Waals surface area (Å²) in [7, 11) is 0. The zero-order chi connectivity index (χ0) is 8.06. The third kappa shape index (κ3) is 0.795. The van der Waals surface area contributed by atoms with Gasteiger partial charge in [-0.1, -0.05) is 0 Å². The largest absolute Gasteiger partial charge is 0.480 e. The quantitative estimate of drug-likeness (QED) is 0.472. The number of rotatable bonds is 1. The molecule has 2 rings (SSSR count). The Bertz CT molecular complexity index is 202. The molecule has 0 aliphatic carbocycles. The van der Waals surface area contributed by atoms with Gasteiger partial charge in [0.15, 0.2) is 0 Å². The Morgan fingerprint density at radius 3 is 2.64 bits per heavy atom. The number of hydrogen-bond acceptors (Lipinski definition) is 3. The van der Waals surface area contributed by atoms with Crippen LogP contribution in [0.5, 0.6) is 0 Å². The van der Waals surface area contributed by atoms with Crippen LogP contribution in [0, 0.1) is 0 Å². The number of aliphatic hydroxyl groups excluding tert-OH is 1. The number of carboxylic acids is 1. The van der Waals surface area contributed by atoms with Gasteiger partial charge in [-0.3, -0.25) is 10.1 Å². The Morgan fingerprint density at radius 2 is 2.36 bits per heavy atom. The minimum absolute atomic E-state index is 0.0195. The molecule has 0 amide bonds. The molecule has 11 heavy (non-hydrogen) atoms. The fraction of sp³-hybridized carbons (Fsp3) is 0.857. The monoisotopic (exact) mass is 157 g/mol. The number of carboxylic acid groups (broad SMARTS) is 1. The van der Waals surface area contributed by atoms with Crippen molar-refractivity contribution in [3.05, 3.63) is 0 Å². The molecule has 2 aliphatic heterocycles. The van der Waals surface area contributed by atoms with Gasteiger partial charge < -0.3 is 10.2 Å². The number of fused-ring (bicyclic) bond motifs is 2. The molecule has 62 valence electrons. The molecule has 0 aromatic rings. The Kier molecular flexibility index (Phi) is 1.25. The van der Waals surface area contributed by atoms with Gasteiger partial charge in [0.05, 0.1) is 6.10 Å². The number of aliphatic carboxylic acids is 1. The number of nitrogens with one attached hydrogen (secondary N) is 1. The summed E-state index contributed by atoms with van der Waals surface area (Å²) in [5.74, 6) is -0.823. The summed E-state index contributed by atoms with van der Waals surface area (Å²) >= 11 is 0. The first kappa shape index (κ1) is 7.06. The molecule has 2 saturated heterocycles. The summed E-state index contributed by atoms with van der Waals surface area (Å²) in [6, 6.07) is 0.0195. The normalized spacial score (nSPS) is 48.1.